The average molecular weight is 334 g/mol. The van der Waals surface area contributed by atoms with E-state index in [4.69, 9.17) is 12.2 Å². The zero-order valence-electron chi connectivity index (χ0n) is 15.0. The Labute approximate surface area is 146 Å². The van der Waals surface area contributed by atoms with Crippen molar-refractivity contribution in [2.45, 2.75) is 40.5 Å². The summed E-state index contributed by atoms with van der Waals surface area (Å²) >= 11 is 5.40. The van der Waals surface area contributed by atoms with E-state index < -0.39 is 0 Å². The van der Waals surface area contributed by atoms with Crippen molar-refractivity contribution in [3.63, 3.8) is 0 Å². The van der Waals surface area contributed by atoms with Crippen molar-refractivity contribution >= 4 is 23.0 Å². The number of aryl methyl sites for hydroxylation is 2. The molecule has 3 nitrogen and oxygen atoms in total. The molecule has 0 bridgehead atoms. The third-order valence-electron chi connectivity index (χ3n) is 4.51. The van der Waals surface area contributed by atoms with Crippen LogP contribution in [0.15, 0.2) is 18.2 Å². The van der Waals surface area contributed by atoms with Crippen LogP contribution in [0, 0.1) is 25.7 Å². The first-order valence-electron chi connectivity index (χ1n) is 8.78. The standard InChI is InChI=1S/C19H31N3S/c1-14-6-7-18(17(4)11-14)21-19(23)20-8-5-9-22-12-15(2)10-16(3)13-22/h6-7,11,15-16H,5,8-10,12-13H2,1-4H3,(H2,20,21,23)/t15-,16+. The summed E-state index contributed by atoms with van der Waals surface area (Å²) in [4.78, 5) is 2.60. The average Bonchev–Trinajstić information content (AvgIpc) is 2.46. The van der Waals surface area contributed by atoms with Crippen LogP contribution < -0.4 is 10.6 Å². The van der Waals surface area contributed by atoms with Crippen LogP contribution in [0.1, 0.15) is 37.8 Å². The van der Waals surface area contributed by atoms with Crippen LogP contribution in [0.2, 0.25) is 0 Å². The van der Waals surface area contributed by atoms with E-state index >= 15 is 0 Å². The molecule has 0 aromatic heterocycles. The van der Waals surface area contributed by atoms with Gasteiger partial charge in [0.15, 0.2) is 5.11 Å². The zero-order chi connectivity index (χ0) is 16.8. The van der Waals surface area contributed by atoms with Crippen LogP contribution in [-0.2, 0) is 0 Å². The molecule has 2 N–H and O–H groups in total. The van der Waals surface area contributed by atoms with Crippen molar-refractivity contribution in [2.75, 3.05) is 31.5 Å². The first-order valence-corrected chi connectivity index (χ1v) is 9.19. The molecule has 1 fully saturated rings. The SMILES string of the molecule is Cc1ccc(NC(=S)NCCCN2C[C@H](C)C[C@H](C)C2)c(C)c1. The molecule has 0 radical (unpaired) electrons. The maximum atomic E-state index is 5.40. The molecule has 0 saturated carbocycles. The van der Waals surface area contributed by atoms with Gasteiger partial charge in [-0.25, -0.2) is 0 Å². The highest BCUT2D eigenvalue weighted by Crippen LogP contribution is 2.20. The predicted molar refractivity (Wildman–Crippen MR) is 104 cm³/mol. The Morgan fingerprint density at radius 1 is 1.22 bits per heavy atom. The highest BCUT2D eigenvalue weighted by atomic mass is 32.1. The molecule has 2 atom stereocenters. The Morgan fingerprint density at radius 2 is 1.91 bits per heavy atom. The summed E-state index contributed by atoms with van der Waals surface area (Å²) in [7, 11) is 0. The van der Waals surface area contributed by atoms with E-state index in [9.17, 15) is 0 Å². The van der Waals surface area contributed by atoms with Crippen LogP contribution >= 0.6 is 12.2 Å². The minimum Gasteiger partial charge on any atom is -0.362 e. The van der Waals surface area contributed by atoms with E-state index in [1.54, 1.807) is 0 Å². The van der Waals surface area contributed by atoms with Crippen LogP contribution in [0.5, 0.6) is 0 Å². The summed E-state index contributed by atoms with van der Waals surface area (Å²) in [5.74, 6) is 1.66. The van der Waals surface area contributed by atoms with Gasteiger partial charge in [-0.1, -0.05) is 31.5 Å². The number of likely N-dealkylation sites (tertiary alicyclic amines) is 1. The molecule has 0 amide bonds. The van der Waals surface area contributed by atoms with Gasteiger partial charge in [-0.2, -0.15) is 0 Å². The van der Waals surface area contributed by atoms with Gasteiger partial charge in [0.1, 0.15) is 0 Å². The van der Waals surface area contributed by atoms with Gasteiger partial charge in [0.2, 0.25) is 0 Å². The van der Waals surface area contributed by atoms with Crippen molar-refractivity contribution in [1.82, 2.24) is 10.2 Å². The summed E-state index contributed by atoms with van der Waals surface area (Å²) < 4.78 is 0. The molecule has 1 aromatic carbocycles. The third kappa shape index (κ3) is 6.11. The lowest BCUT2D eigenvalue weighted by Crippen LogP contribution is -2.40. The van der Waals surface area contributed by atoms with Crippen molar-refractivity contribution in [3.05, 3.63) is 29.3 Å². The number of piperidine rings is 1. The number of hydrogen-bond donors (Lipinski definition) is 2. The van der Waals surface area contributed by atoms with Crippen molar-refractivity contribution in [1.29, 1.82) is 0 Å². The Hall–Kier alpha value is -1.13. The molecule has 128 valence electrons. The second-order valence-corrected chi connectivity index (χ2v) is 7.67. The van der Waals surface area contributed by atoms with Gasteiger partial charge in [0.25, 0.3) is 0 Å². The molecule has 1 aliphatic heterocycles. The molecule has 1 saturated heterocycles. The van der Waals surface area contributed by atoms with Crippen LogP contribution in [0.25, 0.3) is 0 Å². The number of benzene rings is 1. The number of nitrogens with zero attached hydrogens (tertiary/aromatic N) is 1. The summed E-state index contributed by atoms with van der Waals surface area (Å²) in [5, 5.41) is 7.35. The van der Waals surface area contributed by atoms with Crippen molar-refractivity contribution in [2.24, 2.45) is 11.8 Å². The highest BCUT2D eigenvalue weighted by Gasteiger charge is 2.20. The number of nitrogens with one attached hydrogen (secondary N) is 2. The topological polar surface area (TPSA) is 27.3 Å². The van der Waals surface area contributed by atoms with Gasteiger partial charge in [0.05, 0.1) is 0 Å². The number of anilines is 1. The van der Waals surface area contributed by atoms with E-state index in [-0.39, 0.29) is 0 Å². The summed E-state index contributed by atoms with van der Waals surface area (Å²) in [6, 6.07) is 6.37. The maximum Gasteiger partial charge on any atom is 0.170 e. The van der Waals surface area contributed by atoms with Gasteiger partial charge in [0, 0.05) is 25.3 Å². The molecule has 1 heterocycles. The van der Waals surface area contributed by atoms with Crippen LogP contribution in [0.4, 0.5) is 5.69 Å². The second-order valence-electron chi connectivity index (χ2n) is 7.26. The maximum absolute atomic E-state index is 5.40. The molecular weight excluding hydrogens is 302 g/mol. The van der Waals surface area contributed by atoms with Crippen molar-refractivity contribution in [3.8, 4) is 0 Å². The molecule has 0 spiro atoms. The monoisotopic (exact) mass is 333 g/mol. The zero-order valence-corrected chi connectivity index (χ0v) is 15.8. The van der Waals surface area contributed by atoms with E-state index in [2.05, 4.69) is 61.4 Å². The number of hydrogen-bond acceptors (Lipinski definition) is 2. The Balaban J connectivity index is 1.67. The lowest BCUT2D eigenvalue weighted by Gasteiger charge is -2.35. The molecule has 0 aliphatic carbocycles. The second kappa shape index (κ2) is 8.65. The lowest BCUT2D eigenvalue weighted by molar-refractivity contribution is 0.140. The van der Waals surface area contributed by atoms with E-state index in [0.717, 1.165) is 42.1 Å². The molecule has 0 unspecified atom stereocenters. The Morgan fingerprint density at radius 3 is 2.57 bits per heavy atom. The van der Waals surface area contributed by atoms with Crippen LogP contribution in [-0.4, -0.2) is 36.2 Å². The molecule has 2 rings (SSSR count). The molecule has 23 heavy (non-hydrogen) atoms. The molecule has 1 aromatic rings. The third-order valence-corrected chi connectivity index (χ3v) is 4.76. The number of rotatable bonds is 5. The minimum atomic E-state index is 0.720. The van der Waals surface area contributed by atoms with E-state index in [1.165, 1.54) is 30.6 Å². The summed E-state index contributed by atoms with van der Waals surface area (Å²) in [6.45, 7) is 13.5. The predicted octanol–water partition coefficient (Wildman–Crippen LogP) is 3.96. The summed E-state index contributed by atoms with van der Waals surface area (Å²) in [5.41, 5.74) is 3.59. The Bertz CT molecular complexity index is 519. The Kier molecular flexibility index (Phi) is 6.85. The smallest absolute Gasteiger partial charge is 0.170 e. The molecular formula is C19H31N3S. The van der Waals surface area contributed by atoms with Gasteiger partial charge < -0.3 is 15.5 Å². The first kappa shape index (κ1) is 18.2. The highest BCUT2D eigenvalue weighted by molar-refractivity contribution is 7.80. The quantitative estimate of drug-likeness (QED) is 0.630. The molecule has 4 heteroatoms. The van der Waals surface area contributed by atoms with Gasteiger partial charge in [-0.15, -0.1) is 0 Å². The summed E-state index contributed by atoms with van der Waals surface area (Å²) in [6.07, 6.45) is 2.51. The van der Waals surface area contributed by atoms with Crippen molar-refractivity contribution < 1.29 is 0 Å². The first-order chi connectivity index (χ1) is 10.9. The van der Waals surface area contributed by atoms with Gasteiger partial charge in [-0.3, -0.25) is 0 Å². The normalized spacial score (nSPS) is 21.9. The largest absolute Gasteiger partial charge is 0.362 e. The fraction of sp³-hybridized carbons (Fsp3) is 0.632. The fourth-order valence-corrected chi connectivity index (χ4v) is 3.81. The minimum absolute atomic E-state index is 0.720. The van der Waals surface area contributed by atoms with Gasteiger partial charge >= 0.3 is 0 Å². The van der Waals surface area contributed by atoms with Crippen LogP contribution in [0.3, 0.4) is 0 Å². The number of thiocarbonyl (C=S) groups is 1. The lowest BCUT2D eigenvalue weighted by atomic mass is 9.92. The fourth-order valence-electron chi connectivity index (χ4n) is 3.60. The van der Waals surface area contributed by atoms with Gasteiger partial charge in [-0.05, 0) is 68.9 Å². The van der Waals surface area contributed by atoms with E-state index in [0.29, 0.717) is 0 Å². The molecule has 1 aliphatic rings. The van der Waals surface area contributed by atoms with E-state index in [1.807, 2.05) is 0 Å².